The van der Waals surface area contributed by atoms with Gasteiger partial charge in [0.05, 0.1) is 0 Å². The first-order valence-corrected chi connectivity index (χ1v) is 4.51. The fourth-order valence-corrected chi connectivity index (χ4v) is 0.905. The molecule has 0 aromatic heterocycles. The van der Waals surface area contributed by atoms with Gasteiger partial charge in [-0.1, -0.05) is 19.8 Å². The van der Waals surface area contributed by atoms with Gasteiger partial charge in [0.1, 0.15) is 0 Å². The van der Waals surface area contributed by atoms with E-state index in [0.717, 1.165) is 12.8 Å². The molecule has 0 spiro atoms. The van der Waals surface area contributed by atoms with Crippen LogP contribution in [0.1, 0.15) is 19.3 Å². The van der Waals surface area contributed by atoms with Crippen molar-refractivity contribution in [3.05, 3.63) is 6.92 Å². The zero-order valence-corrected chi connectivity index (χ0v) is 6.52. The smallest absolute Gasteiger partial charge is 0.273 e. The van der Waals surface area contributed by atoms with Crippen molar-refractivity contribution in [3.63, 3.8) is 0 Å². The molecule has 5 heteroatoms. The lowest BCUT2D eigenvalue weighted by molar-refractivity contribution is 0.466. The second kappa shape index (κ2) is 4.65. The SMILES string of the molecule is [CH2]CCCCNS(=O)(=O)O. The van der Waals surface area contributed by atoms with Crippen molar-refractivity contribution in [2.24, 2.45) is 0 Å². The minimum Gasteiger partial charge on any atom is -0.273 e. The lowest BCUT2D eigenvalue weighted by atomic mass is 10.3. The van der Waals surface area contributed by atoms with Gasteiger partial charge in [-0.15, -0.1) is 0 Å². The molecular formula is C5H12NO3S. The largest absolute Gasteiger partial charge is 0.333 e. The first-order chi connectivity index (χ1) is 4.56. The Kier molecular flexibility index (Phi) is 4.59. The number of rotatable bonds is 5. The maximum absolute atomic E-state index is 10.0. The fraction of sp³-hybridized carbons (Fsp3) is 0.800. The van der Waals surface area contributed by atoms with Crippen molar-refractivity contribution >= 4 is 10.3 Å². The van der Waals surface area contributed by atoms with Crippen LogP contribution in [-0.2, 0) is 10.3 Å². The third-order valence-electron chi connectivity index (χ3n) is 0.961. The van der Waals surface area contributed by atoms with E-state index >= 15 is 0 Å². The highest BCUT2D eigenvalue weighted by molar-refractivity contribution is 7.83. The van der Waals surface area contributed by atoms with Crippen LogP contribution in [0.15, 0.2) is 0 Å². The summed E-state index contributed by atoms with van der Waals surface area (Å²) in [5, 5.41) is 0. The number of hydrogen-bond acceptors (Lipinski definition) is 2. The van der Waals surface area contributed by atoms with Crippen molar-refractivity contribution in [2.75, 3.05) is 6.54 Å². The average molecular weight is 166 g/mol. The van der Waals surface area contributed by atoms with E-state index in [1.165, 1.54) is 0 Å². The zero-order chi connectivity index (χ0) is 8.04. The minimum absolute atomic E-state index is 0.286. The minimum atomic E-state index is -3.97. The molecule has 0 bridgehead atoms. The molecule has 10 heavy (non-hydrogen) atoms. The highest BCUT2D eigenvalue weighted by Gasteiger charge is 1.99. The summed E-state index contributed by atoms with van der Waals surface area (Å²) in [5.41, 5.74) is 0. The van der Waals surface area contributed by atoms with Gasteiger partial charge < -0.3 is 0 Å². The standard InChI is InChI=1S/C5H12NO3S/c1-2-3-4-5-6-10(7,8)9/h6H,1-5H2,(H,7,8,9). The Bertz CT molecular complexity index is 164. The second-order valence-electron chi connectivity index (χ2n) is 1.93. The molecule has 0 fully saturated rings. The molecule has 0 aliphatic rings. The molecule has 0 heterocycles. The van der Waals surface area contributed by atoms with Crippen LogP contribution in [0.4, 0.5) is 0 Å². The van der Waals surface area contributed by atoms with Crippen LogP contribution in [0.3, 0.4) is 0 Å². The van der Waals surface area contributed by atoms with Crippen LogP contribution in [0.2, 0.25) is 0 Å². The van der Waals surface area contributed by atoms with E-state index in [4.69, 9.17) is 4.55 Å². The number of nitrogens with one attached hydrogen (secondary N) is 1. The third-order valence-corrected chi connectivity index (χ3v) is 1.53. The highest BCUT2D eigenvalue weighted by atomic mass is 32.2. The average Bonchev–Trinajstić information content (AvgIpc) is 1.78. The van der Waals surface area contributed by atoms with Crippen LogP contribution < -0.4 is 4.72 Å². The Morgan fingerprint density at radius 3 is 2.40 bits per heavy atom. The number of unbranched alkanes of at least 4 members (excludes halogenated alkanes) is 2. The molecule has 1 radical (unpaired) electrons. The summed E-state index contributed by atoms with van der Waals surface area (Å²) in [7, 11) is -3.97. The van der Waals surface area contributed by atoms with Crippen LogP contribution >= 0.6 is 0 Å². The van der Waals surface area contributed by atoms with E-state index < -0.39 is 10.3 Å². The van der Waals surface area contributed by atoms with Crippen molar-refractivity contribution in [1.82, 2.24) is 4.72 Å². The summed E-state index contributed by atoms with van der Waals surface area (Å²) in [5.74, 6) is 0. The molecule has 4 nitrogen and oxygen atoms in total. The molecule has 0 aliphatic heterocycles. The monoisotopic (exact) mass is 166 g/mol. The molecule has 0 saturated heterocycles. The second-order valence-corrected chi connectivity index (χ2v) is 3.17. The summed E-state index contributed by atoms with van der Waals surface area (Å²) < 4.78 is 30.2. The highest BCUT2D eigenvalue weighted by Crippen LogP contribution is 1.90. The predicted molar refractivity (Wildman–Crippen MR) is 38.8 cm³/mol. The van der Waals surface area contributed by atoms with Gasteiger partial charge in [-0.05, 0) is 6.42 Å². The molecule has 0 aromatic rings. The van der Waals surface area contributed by atoms with Crippen LogP contribution in [0.5, 0.6) is 0 Å². The Balaban J connectivity index is 3.21. The normalized spacial score (nSPS) is 11.8. The lowest BCUT2D eigenvalue weighted by Crippen LogP contribution is -2.23. The summed E-state index contributed by atoms with van der Waals surface area (Å²) in [4.78, 5) is 0. The summed E-state index contributed by atoms with van der Waals surface area (Å²) >= 11 is 0. The van der Waals surface area contributed by atoms with Crippen molar-refractivity contribution < 1.29 is 13.0 Å². The van der Waals surface area contributed by atoms with Gasteiger partial charge in [0.2, 0.25) is 0 Å². The van der Waals surface area contributed by atoms with E-state index in [1.807, 2.05) is 4.72 Å². The molecule has 0 rings (SSSR count). The third kappa shape index (κ3) is 7.87. The first kappa shape index (κ1) is 9.87. The van der Waals surface area contributed by atoms with Crippen molar-refractivity contribution in [1.29, 1.82) is 0 Å². The maximum Gasteiger partial charge on any atom is 0.333 e. The molecule has 0 aliphatic carbocycles. The van der Waals surface area contributed by atoms with E-state index in [1.54, 1.807) is 0 Å². The fourth-order valence-electron chi connectivity index (χ4n) is 0.503. The topological polar surface area (TPSA) is 66.4 Å². The molecule has 2 N–H and O–H groups in total. The Morgan fingerprint density at radius 2 is 2.00 bits per heavy atom. The van der Waals surface area contributed by atoms with Gasteiger partial charge >= 0.3 is 10.3 Å². The van der Waals surface area contributed by atoms with Gasteiger partial charge in [-0.25, -0.2) is 0 Å². The van der Waals surface area contributed by atoms with E-state index in [0.29, 0.717) is 6.42 Å². The van der Waals surface area contributed by atoms with Gasteiger partial charge in [-0.2, -0.15) is 13.1 Å². The molecular weight excluding hydrogens is 154 g/mol. The van der Waals surface area contributed by atoms with Crippen LogP contribution in [0, 0.1) is 6.92 Å². The Labute approximate surface area is 61.5 Å². The van der Waals surface area contributed by atoms with E-state index in [-0.39, 0.29) is 6.54 Å². The van der Waals surface area contributed by atoms with Gasteiger partial charge in [-0.3, -0.25) is 4.55 Å². The lowest BCUT2D eigenvalue weighted by Gasteiger charge is -1.97. The van der Waals surface area contributed by atoms with Crippen molar-refractivity contribution in [3.8, 4) is 0 Å². The molecule has 61 valence electrons. The van der Waals surface area contributed by atoms with E-state index in [9.17, 15) is 8.42 Å². The zero-order valence-electron chi connectivity index (χ0n) is 5.71. The molecule has 0 saturated carbocycles. The first-order valence-electron chi connectivity index (χ1n) is 3.07. The summed E-state index contributed by atoms with van der Waals surface area (Å²) in [6.45, 7) is 3.87. The molecule has 0 unspecified atom stereocenters. The van der Waals surface area contributed by atoms with Gasteiger partial charge in [0.15, 0.2) is 0 Å². The summed E-state index contributed by atoms with van der Waals surface area (Å²) in [6, 6.07) is 0. The summed E-state index contributed by atoms with van der Waals surface area (Å²) in [6.07, 6.45) is 2.36. The maximum atomic E-state index is 10.0. The number of hydrogen-bond donors (Lipinski definition) is 2. The quantitative estimate of drug-likeness (QED) is 0.458. The molecule has 0 amide bonds. The van der Waals surface area contributed by atoms with Gasteiger partial charge in [0.25, 0.3) is 0 Å². The van der Waals surface area contributed by atoms with Crippen LogP contribution in [0.25, 0.3) is 0 Å². The van der Waals surface area contributed by atoms with Crippen molar-refractivity contribution in [2.45, 2.75) is 19.3 Å². The Morgan fingerprint density at radius 1 is 1.40 bits per heavy atom. The predicted octanol–water partition coefficient (Wildman–Crippen LogP) is 0.383. The van der Waals surface area contributed by atoms with E-state index in [2.05, 4.69) is 6.92 Å². The Hall–Kier alpha value is -0.130. The van der Waals surface area contributed by atoms with Crippen LogP contribution in [-0.4, -0.2) is 19.5 Å². The van der Waals surface area contributed by atoms with Gasteiger partial charge in [0, 0.05) is 6.54 Å². The molecule has 0 atom stereocenters. The molecule has 0 aromatic carbocycles.